The molecule has 2 aromatic rings. The molecule has 0 saturated carbocycles. The summed E-state index contributed by atoms with van der Waals surface area (Å²) in [5, 5.41) is 12.2. The summed E-state index contributed by atoms with van der Waals surface area (Å²) < 4.78 is 64.3. The summed E-state index contributed by atoms with van der Waals surface area (Å²) in [7, 11) is -1.29. The highest BCUT2D eigenvalue weighted by Gasteiger charge is 2.33. The minimum Gasteiger partial charge on any atom is -0.423 e. The van der Waals surface area contributed by atoms with Gasteiger partial charge in [0, 0.05) is 13.1 Å². The van der Waals surface area contributed by atoms with Crippen molar-refractivity contribution in [2.45, 2.75) is 12.8 Å². The van der Waals surface area contributed by atoms with Crippen LogP contribution in [0.25, 0.3) is 0 Å². The van der Waals surface area contributed by atoms with Crippen LogP contribution in [-0.4, -0.2) is 44.4 Å². The molecule has 11 heteroatoms. The molecule has 2 aliphatic rings. The van der Waals surface area contributed by atoms with Gasteiger partial charge in [-0.05, 0) is 41.4 Å². The van der Waals surface area contributed by atoms with Crippen LogP contribution >= 0.6 is 0 Å². The molecule has 2 aliphatic heterocycles. The zero-order chi connectivity index (χ0) is 21.5. The van der Waals surface area contributed by atoms with Crippen molar-refractivity contribution in [1.29, 1.82) is 0 Å². The number of fused-ring (bicyclic) bond motifs is 1. The van der Waals surface area contributed by atoms with Gasteiger partial charge in [0.05, 0.1) is 42.3 Å². The number of carbonyl (C=O) groups is 1. The number of amides is 1. The fraction of sp³-hybridized carbons (Fsp3) is 0.316. The van der Waals surface area contributed by atoms with Gasteiger partial charge in [0.15, 0.2) is 0 Å². The van der Waals surface area contributed by atoms with Gasteiger partial charge in [-0.3, -0.25) is 4.79 Å². The molecule has 6 nitrogen and oxygen atoms in total. The second-order valence-electron chi connectivity index (χ2n) is 6.98. The maximum absolute atomic E-state index is 14.4. The van der Waals surface area contributed by atoms with E-state index in [1.807, 2.05) is 0 Å². The first-order valence-electron chi connectivity index (χ1n) is 9.21. The van der Waals surface area contributed by atoms with Crippen LogP contribution in [0.2, 0.25) is 0 Å². The van der Waals surface area contributed by atoms with E-state index in [9.17, 15) is 27.4 Å². The molecule has 1 amide bonds. The lowest BCUT2D eigenvalue weighted by Gasteiger charge is -2.31. The Morgan fingerprint density at radius 3 is 2.60 bits per heavy atom. The van der Waals surface area contributed by atoms with Crippen LogP contribution in [0, 0.1) is 5.82 Å². The average Bonchev–Trinajstić information content (AvgIpc) is 3.07. The minimum absolute atomic E-state index is 0.00409. The first kappa shape index (κ1) is 20.6. The lowest BCUT2D eigenvalue weighted by Crippen LogP contribution is -2.37. The van der Waals surface area contributed by atoms with Crippen LogP contribution in [0.4, 0.5) is 28.9 Å². The van der Waals surface area contributed by atoms with Gasteiger partial charge in [0.1, 0.15) is 5.82 Å². The van der Waals surface area contributed by atoms with Crippen molar-refractivity contribution in [1.82, 2.24) is 0 Å². The van der Waals surface area contributed by atoms with Crippen molar-refractivity contribution >= 4 is 29.9 Å². The van der Waals surface area contributed by atoms with E-state index in [2.05, 4.69) is 5.32 Å². The van der Waals surface area contributed by atoms with Gasteiger partial charge >= 0.3 is 13.3 Å². The third kappa shape index (κ3) is 4.00. The number of anilines is 2. The number of ether oxygens (including phenoxy) is 1. The predicted molar refractivity (Wildman–Crippen MR) is 101 cm³/mol. The Bertz CT molecular complexity index is 980. The Labute approximate surface area is 169 Å². The first-order valence-corrected chi connectivity index (χ1v) is 9.21. The molecular weight excluding hydrogens is 407 g/mol. The standard InChI is InChI=1S/C19H17BF4N2O4/c21-15-7-11-10-30-20(28)14(11)9-13(15)18(27)25-16-8-12(19(22,23)24)1-2-17(16)26-3-5-29-6-4-26/h1-2,7-9,28H,3-6,10H2,(H,25,27). The van der Waals surface area contributed by atoms with E-state index < -0.39 is 36.1 Å². The lowest BCUT2D eigenvalue weighted by molar-refractivity contribution is -0.137. The molecule has 30 heavy (non-hydrogen) atoms. The number of hydrogen-bond donors (Lipinski definition) is 2. The van der Waals surface area contributed by atoms with Crippen LogP contribution in [0.1, 0.15) is 21.5 Å². The number of morpholine rings is 1. The minimum atomic E-state index is -4.61. The van der Waals surface area contributed by atoms with Gasteiger partial charge in [-0.2, -0.15) is 13.2 Å². The van der Waals surface area contributed by atoms with E-state index in [0.29, 0.717) is 37.6 Å². The van der Waals surface area contributed by atoms with Gasteiger partial charge in [-0.25, -0.2) is 4.39 Å². The van der Waals surface area contributed by atoms with Crippen molar-refractivity contribution in [2.75, 3.05) is 36.5 Å². The molecule has 4 rings (SSSR count). The molecule has 158 valence electrons. The topological polar surface area (TPSA) is 71.0 Å². The molecule has 0 unspecified atom stereocenters. The van der Waals surface area contributed by atoms with Crippen molar-refractivity contribution in [3.8, 4) is 0 Å². The summed E-state index contributed by atoms with van der Waals surface area (Å²) in [6.45, 7) is 1.66. The molecule has 0 aliphatic carbocycles. The van der Waals surface area contributed by atoms with Crippen molar-refractivity contribution < 1.29 is 36.8 Å². The van der Waals surface area contributed by atoms with Gasteiger partial charge in [-0.1, -0.05) is 0 Å². The number of carbonyl (C=O) groups excluding carboxylic acids is 1. The fourth-order valence-corrected chi connectivity index (χ4v) is 3.50. The summed E-state index contributed by atoms with van der Waals surface area (Å²) >= 11 is 0. The third-order valence-corrected chi connectivity index (χ3v) is 5.06. The van der Waals surface area contributed by atoms with Crippen molar-refractivity contribution in [3.63, 3.8) is 0 Å². The molecule has 0 bridgehead atoms. The largest absolute Gasteiger partial charge is 0.491 e. The number of alkyl halides is 3. The van der Waals surface area contributed by atoms with E-state index >= 15 is 0 Å². The Balaban J connectivity index is 1.69. The lowest BCUT2D eigenvalue weighted by atomic mass is 9.78. The molecule has 2 N–H and O–H groups in total. The molecule has 0 radical (unpaired) electrons. The van der Waals surface area contributed by atoms with E-state index in [0.717, 1.165) is 24.3 Å². The summed E-state index contributed by atoms with van der Waals surface area (Å²) in [6, 6.07) is 5.27. The van der Waals surface area contributed by atoms with E-state index in [1.165, 1.54) is 6.07 Å². The second-order valence-corrected chi connectivity index (χ2v) is 6.98. The van der Waals surface area contributed by atoms with Crippen LogP contribution in [0.5, 0.6) is 0 Å². The zero-order valence-corrected chi connectivity index (χ0v) is 15.6. The van der Waals surface area contributed by atoms with E-state index in [4.69, 9.17) is 9.39 Å². The predicted octanol–water partition coefficient (Wildman–Crippen LogP) is 2.15. The van der Waals surface area contributed by atoms with E-state index in [1.54, 1.807) is 4.90 Å². The highest BCUT2D eigenvalue weighted by Crippen LogP contribution is 2.36. The molecule has 0 atom stereocenters. The average molecular weight is 424 g/mol. The van der Waals surface area contributed by atoms with Crippen LogP contribution < -0.4 is 15.7 Å². The Morgan fingerprint density at radius 2 is 1.90 bits per heavy atom. The molecule has 0 spiro atoms. The van der Waals surface area contributed by atoms with Gasteiger partial charge < -0.3 is 24.6 Å². The van der Waals surface area contributed by atoms with Crippen LogP contribution in [0.3, 0.4) is 0 Å². The Hall–Kier alpha value is -2.63. The second kappa shape index (κ2) is 7.90. The molecule has 2 aromatic carbocycles. The van der Waals surface area contributed by atoms with Crippen LogP contribution in [-0.2, 0) is 22.2 Å². The fourth-order valence-electron chi connectivity index (χ4n) is 3.50. The van der Waals surface area contributed by atoms with E-state index in [-0.39, 0.29) is 17.8 Å². The van der Waals surface area contributed by atoms with Crippen LogP contribution in [0.15, 0.2) is 30.3 Å². The molecule has 1 fully saturated rings. The third-order valence-electron chi connectivity index (χ3n) is 5.06. The summed E-state index contributed by atoms with van der Waals surface area (Å²) in [5.41, 5.74) is -0.390. The Morgan fingerprint density at radius 1 is 1.17 bits per heavy atom. The number of rotatable bonds is 3. The molecule has 1 saturated heterocycles. The molecule has 0 aromatic heterocycles. The summed E-state index contributed by atoms with van der Waals surface area (Å²) in [6.07, 6.45) is -4.61. The quantitative estimate of drug-likeness (QED) is 0.584. The van der Waals surface area contributed by atoms with Gasteiger partial charge in [-0.15, -0.1) is 0 Å². The highest BCUT2D eigenvalue weighted by atomic mass is 19.4. The number of nitrogens with zero attached hydrogens (tertiary/aromatic N) is 1. The number of benzene rings is 2. The van der Waals surface area contributed by atoms with Gasteiger partial charge in [0.25, 0.3) is 5.91 Å². The summed E-state index contributed by atoms with van der Waals surface area (Å²) in [4.78, 5) is 14.5. The van der Waals surface area contributed by atoms with Gasteiger partial charge in [0.2, 0.25) is 0 Å². The highest BCUT2D eigenvalue weighted by molar-refractivity contribution is 6.61. The SMILES string of the molecule is O=C(Nc1cc(C(F)(F)F)ccc1N1CCOCC1)c1cc2c(cc1F)COB2O. The number of halogens is 4. The summed E-state index contributed by atoms with van der Waals surface area (Å²) in [5.74, 6) is -1.79. The molecular formula is C19H17BF4N2O4. The maximum atomic E-state index is 14.4. The van der Waals surface area contributed by atoms with Crippen molar-refractivity contribution in [3.05, 3.63) is 52.8 Å². The normalized spacial score (nSPS) is 16.6. The zero-order valence-electron chi connectivity index (χ0n) is 15.6. The number of hydrogen-bond acceptors (Lipinski definition) is 5. The van der Waals surface area contributed by atoms with Crippen molar-refractivity contribution in [2.24, 2.45) is 0 Å². The first-order chi connectivity index (χ1) is 14.2. The maximum Gasteiger partial charge on any atom is 0.491 e. The Kier molecular flexibility index (Phi) is 5.43. The number of nitrogens with one attached hydrogen (secondary N) is 1. The monoisotopic (exact) mass is 424 g/mol. The molecule has 2 heterocycles. The smallest absolute Gasteiger partial charge is 0.423 e.